The number of thioether (sulfide) groups is 1. The minimum atomic E-state index is -0.688. The Hall–Kier alpha value is 0.230. The molecule has 3 atom stereocenters. The molecule has 1 aliphatic rings. The van der Waals surface area contributed by atoms with Crippen LogP contribution in [0.25, 0.3) is 0 Å². The van der Waals surface area contributed by atoms with Gasteiger partial charge >= 0.3 is 0 Å². The van der Waals surface area contributed by atoms with Crippen LogP contribution in [0.1, 0.15) is 0 Å². The molecule has 1 heterocycles. The van der Waals surface area contributed by atoms with Crippen LogP contribution >= 0.6 is 11.8 Å². The van der Waals surface area contributed by atoms with Crippen molar-refractivity contribution in [2.75, 3.05) is 18.6 Å². The fourth-order valence-electron chi connectivity index (χ4n) is 0.978. The van der Waals surface area contributed by atoms with E-state index in [0.29, 0.717) is 0 Å². The maximum Gasteiger partial charge on any atom is 0.109 e. The monoisotopic (exact) mass is 164 g/mol. The molecular formula is C6H12O3S. The van der Waals surface area contributed by atoms with E-state index in [1.54, 1.807) is 11.8 Å². The minimum Gasteiger partial charge on any atom is -0.388 e. The predicted molar refractivity (Wildman–Crippen MR) is 40.1 cm³/mol. The second-order valence-corrected chi connectivity index (χ2v) is 3.30. The molecule has 1 fully saturated rings. The molecule has 3 unspecified atom stereocenters. The van der Waals surface area contributed by atoms with Gasteiger partial charge in [0, 0.05) is 5.75 Å². The number of hydrogen-bond acceptors (Lipinski definition) is 4. The molecule has 1 aliphatic heterocycles. The lowest BCUT2D eigenvalue weighted by Gasteiger charge is -2.12. The van der Waals surface area contributed by atoms with Crippen molar-refractivity contribution in [3.05, 3.63) is 0 Å². The van der Waals surface area contributed by atoms with E-state index in [9.17, 15) is 5.11 Å². The van der Waals surface area contributed by atoms with Crippen molar-refractivity contribution in [2.24, 2.45) is 0 Å². The fourth-order valence-corrected chi connectivity index (χ4v) is 1.60. The van der Waals surface area contributed by atoms with Crippen LogP contribution in [0.4, 0.5) is 0 Å². The van der Waals surface area contributed by atoms with Crippen molar-refractivity contribution in [3.63, 3.8) is 0 Å². The van der Waals surface area contributed by atoms with Crippen LogP contribution in [-0.4, -0.2) is 47.1 Å². The molecule has 1 saturated heterocycles. The number of rotatable bonds is 2. The standard InChI is InChI=1S/C6H12O3S/c1-10-3-5-6(8)4(7)2-9-5/h4-8H,2-3H2,1H3. The Bertz CT molecular complexity index is 107. The van der Waals surface area contributed by atoms with E-state index in [2.05, 4.69) is 0 Å². The molecule has 2 N–H and O–H groups in total. The lowest BCUT2D eigenvalue weighted by molar-refractivity contribution is 0.0337. The van der Waals surface area contributed by atoms with E-state index in [1.807, 2.05) is 6.26 Å². The Balaban J connectivity index is 2.33. The van der Waals surface area contributed by atoms with Gasteiger partial charge in [-0.1, -0.05) is 0 Å². The van der Waals surface area contributed by atoms with Crippen molar-refractivity contribution in [3.8, 4) is 0 Å². The Morgan fingerprint density at radius 3 is 2.70 bits per heavy atom. The highest BCUT2D eigenvalue weighted by atomic mass is 32.2. The van der Waals surface area contributed by atoms with E-state index >= 15 is 0 Å². The molecule has 0 bridgehead atoms. The topological polar surface area (TPSA) is 49.7 Å². The molecule has 4 heteroatoms. The Morgan fingerprint density at radius 1 is 1.60 bits per heavy atom. The molecule has 0 aliphatic carbocycles. The summed E-state index contributed by atoms with van der Waals surface area (Å²) in [6.45, 7) is 0.270. The predicted octanol–water partition coefficient (Wildman–Crippen LogP) is -0.530. The molecule has 60 valence electrons. The van der Waals surface area contributed by atoms with Crippen molar-refractivity contribution >= 4 is 11.8 Å². The molecule has 0 aromatic carbocycles. The van der Waals surface area contributed by atoms with Crippen LogP contribution in [-0.2, 0) is 4.74 Å². The average Bonchev–Trinajstić information content (AvgIpc) is 2.20. The van der Waals surface area contributed by atoms with Gasteiger partial charge < -0.3 is 14.9 Å². The largest absolute Gasteiger partial charge is 0.388 e. The lowest BCUT2D eigenvalue weighted by Crippen LogP contribution is -2.31. The number of aliphatic hydroxyl groups is 2. The first-order chi connectivity index (χ1) is 4.75. The summed E-state index contributed by atoms with van der Waals surface area (Å²) >= 11 is 1.61. The third-order valence-electron chi connectivity index (χ3n) is 1.59. The summed E-state index contributed by atoms with van der Waals surface area (Å²) in [6, 6.07) is 0. The van der Waals surface area contributed by atoms with E-state index in [-0.39, 0.29) is 12.7 Å². The van der Waals surface area contributed by atoms with Crippen molar-refractivity contribution in [1.29, 1.82) is 0 Å². The van der Waals surface area contributed by atoms with Gasteiger partial charge in [0.2, 0.25) is 0 Å². The molecule has 0 saturated carbocycles. The second kappa shape index (κ2) is 3.57. The van der Waals surface area contributed by atoms with Crippen LogP contribution in [0, 0.1) is 0 Å². The summed E-state index contributed by atoms with van der Waals surface area (Å²) in [6.07, 6.45) is 0.399. The Kier molecular flexibility index (Phi) is 2.97. The number of hydrogen-bond donors (Lipinski definition) is 2. The van der Waals surface area contributed by atoms with E-state index < -0.39 is 12.2 Å². The summed E-state index contributed by atoms with van der Waals surface area (Å²) in [5.41, 5.74) is 0. The highest BCUT2D eigenvalue weighted by Crippen LogP contribution is 2.16. The quantitative estimate of drug-likeness (QED) is 0.576. The summed E-state index contributed by atoms with van der Waals surface area (Å²) in [4.78, 5) is 0. The van der Waals surface area contributed by atoms with Crippen LogP contribution in [0.3, 0.4) is 0 Å². The zero-order valence-corrected chi connectivity index (χ0v) is 6.67. The molecule has 10 heavy (non-hydrogen) atoms. The zero-order valence-electron chi connectivity index (χ0n) is 5.86. The van der Waals surface area contributed by atoms with Gasteiger partial charge in [0.15, 0.2) is 0 Å². The first kappa shape index (κ1) is 8.33. The highest BCUT2D eigenvalue weighted by Gasteiger charge is 2.33. The average molecular weight is 164 g/mol. The third-order valence-corrected chi connectivity index (χ3v) is 2.25. The van der Waals surface area contributed by atoms with Gasteiger partial charge in [0.05, 0.1) is 12.7 Å². The summed E-state index contributed by atoms with van der Waals surface area (Å²) < 4.78 is 5.10. The summed E-state index contributed by atoms with van der Waals surface area (Å²) in [7, 11) is 0. The minimum absolute atomic E-state index is 0.176. The van der Waals surface area contributed by atoms with Crippen LogP contribution < -0.4 is 0 Å². The van der Waals surface area contributed by atoms with Crippen LogP contribution in [0.2, 0.25) is 0 Å². The third kappa shape index (κ3) is 1.63. The molecule has 3 nitrogen and oxygen atoms in total. The second-order valence-electron chi connectivity index (χ2n) is 2.39. The lowest BCUT2D eigenvalue weighted by atomic mass is 10.2. The molecule has 0 spiro atoms. The first-order valence-corrected chi connectivity index (χ1v) is 4.61. The van der Waals surface area contributed by atoms with Crippen molar-refractivity contribution in [2.45, 2.75) is 18.3 Å². The van der Waals surface area contributed by atoms with Gasteiger partial charge in [0.1, 0.15) is 12.2 Å². The smallest absolute Gasteiger partial charge is 0.109 e. The summed E-state index contributed by atoms with van der Waals surface area (Å²) in [5.74, 6) is 0.748. The van der Waals surface area contributed by atoms with Crippen LogP contribution in [0.5, 0.6) is 0 Å². The molecule has 0 radical (unpaired) electrons. The van der Waals surface area contributed by atoms with Gasteiger partial charge in [-0.3, -0.25) is 0 Å². The van der Waals surface area contributed by atoms with Gasteiger partial charge in [-0.15, -0.1) is 0 Å². The maximum atomic E-state index is 9.20. The Morgan fingerprint density at radius 2 is 2.30 bits per heavy atom. The van der Waals surface area contributed by atoms with Crippen LogP contribution in [0.15, 0.2) is 0 Å². The maximum absolute atomic E-state index is 9.20. The number of ether oxygens (including phenoxy) is 1. The molecule has 0 amide bonds. The van der Waals surface area contributed by atoms with Gasteiger partial charge in [-0.2, -0.15) is 11.8 Å². The van der Waals surface area contributed by atoms with Gasteiger partial charge in [-0.05, 0) is 6.26 Å². The van der Waals surface area contributed by atoms with Gasteiger partial charge in [0.25, 0.3) is 0 Å². The van der Waals surface area contributed by atoms with E-state index in [4.69, 9.17) is 9.84 Å². The van der Waals surface area contributed by atoms with Gasteiger partial charge in [-0.25, -0.2) is 0 Å². The molecule has 0 aromatic heterocycles. The van der Waals surface area contributed by atoms with E-state index in [0.717, 1.165) is 5.75 Å². The van der Waals surface area contributed by atoms with Crippen molar-refractivity contribution in [1.82, 2.24) is 0 Å². The fraction of sp³-hybridized carbons (Fsp3) is 1.00. The molecular weight excluding hydrogens is 152 g/mol. The normalized spacial score (nSPS) is 40.5. The summed E-state index contributed by atoms with van der Waals surface area (Å²) in [5, 5.41) is 18.2. The zero-order chi connectivity index (χ0) is 7.56. The Labute approximate surface area is 64.4 Å². The SMILES string of the molecule is CSCC1OCC(O)C1O. The first-order valence-electron chi connectivity index (χ1n) is 3.22. The van der Waals surface area contributed by atoms with E-state index in [1.165, 1.54) is 0 Å². The molecule has 0 aromatic rings. The highest BCUT2D eigenvalue weighted by molar-refractivity contribution is 7.98. The number of aliphatic hydroxyl groups excluding tert-OH is 2. The molecule has 1 rings (SSSR count). The van der Waals surface area contributed by atoms with Crippen molar-refractivity contribution < 1.29 is 14.9 Å².